The van der Waals surface area contributed by atoms with E-state index in [-0.39, 0.29) is 0 Å². The zero-order valence-corrected chi connectivity index (χ0v) is 15.5. The number of aryl methyl sites for hydroxylation is 1. The van der Waals surface area contributed by atoms with Crippen LogP contribution < -0.4 is 5.32 Å². The summed E-state index contributed by atoms with van der Waals surface area (Å²) in [6.07, 6.45) is 2.15. The van der Waals surface area contributed by atoms with Gasteiger partial charge in [0.2, 0.25) is 0 Å². The molecule has 0 saturated carbocycles. The highest BCUT2D eigenvalue weighted by Crippen LogP contribution is 2.22. The minimum Gasteiger partial charge on any atom is -0.306 e. The highest BCUT2D eigenvalue weighted by Gasteiger charge is 2.12. The second-order valence-corrected chi connectivity index (χ2v) is 7.01. The quantitative estimate of drug-likeness (QED) is 0.412. The number of benzene rings is 4. The molecule has 0 aliphatic rings. The molecule has 0 amide bonds. The third-order valence-electron chi connectivity index (χ3n) is 5.19. The number of nitrogens with one attached hydrogen (secondary N) is 1. The maximum absolute atomic E-state index is 3.81. The fourth-order valence-electron chi connectivity index (χ4n) is 3.71. The van der Waals surface area contributed by atoms with Crippen LogP contribution in [0.4, 0.5) is 0 Å². The summed E-state index contributed by atoms with van der Waals surface area (Å²) in [6.45, 7) is 0.871. The van der Waals surface area contributed by atoms with Crippen molar-refractivity contribution in [3.8, 4) is 0 Å². The Bertz CT molecular complexity index is 971. The highest BCUT2D eigenvalue weighted by molar-refractivity contribution is 5.85. The van der Waals surface area contributed by atoms with Crippen LogP contribution in [0.3, 0.4) is 0 Å². The summed E-state index contributed by atoms with van der Waals surface area (Å²) < 4.78 is 0. The molecule has 1 heteroatoms. The van der Waals surface area contributed by atoms with E-state index in [4.69, 9.17) is 0 Å². The minimum absolute atomic E-state index is 0.338. The maximum Gasteiger partial charge on any atom is 0.0326 e. The predicted molar refractivity (Wildman–Crippen MR) is 115 cm³/mol. The standard InChI is InChI=1S/C26H25N/c1-3-10-21(11-4-1)18-19-26(23-13-5-2-6-14-23)27-20-24-16-9-15-22-12-7-8-17-25(22)24/h1-17,26-27H,18-20H2. The van der Waals surface area contributed by atoms with Crippen molar-refractivity contribution in [1.82, 2.24) is 5.32 Å². The monoisotopic (exact) mass is 351 g/mol. The van der Waals surface area contributed by atoms with Crippen LogP contribution in [0, 0.1) is 0 Å². The van der Waals surface area contributed by atoms with Gasteiger partial charge in [-0.2, -0.15) is 0 Å². The van der Waals surface area contributed by atoms with Crippen LogP contribution in [0.1, 0.15) is 29.2 Å². The summed E-state index contributed by atoms with van der Waals surface area (Å²) >= 11 is 0. The van der Waals surface area contributed by atoms with Gasteiger partial charge in [0, 0.05) is 12.6 Å². The van der Waals surface area contributed by atoms with Crippen molar-refractivity contribution >= 4 is 10.8 Å². The van der Waals surface area contributed by atoms with Crippen molar-refractivity contribution in [2.75, 3.05) is 0 Å². The normalized spacial score (nSPS) is 12.1. The first kappa shape index (κ1) is 17.5. The van der Waals surface area contributed by atoms with Gasteiger partial charge in [-0.1, -0.05) is 103 Å². The Kier molecular flexibility index (Phi) is 5.61. The molecule has 1 atom stereocenters. The number of hydrogen-bond donors (Lipinski definition) is 1. The summed E-state index contributed by atoms with van der Waals surface area (Å²) in [6, 6.07) is 37.1. The van der Waals surface area contributed by atoms with Gasteiger partial charge in [0.1, 0.15) is 0 Å². The Balaban J connectivity index is 1.52. The molecule has 4 aromatic rings. The molecule has 0 heterocycles. The zero-order chi connectivity index (χ0) is 18.3. The first-order chi connectivity index (χ1) is 13.4. The van der Waals surface area contributed by atoms with E-state index < -0.39 is 0 Å². The molecule has 0 fully saturated rings. The zero-order valence-electron chi connectivity index (χ0n) is 15.5. The van der Waals surface area contributed by atoms with E-state index in [1.807, 2.05) is 0 Å². The molecule has 0 radical (unpaired) electrons. The van der Waals surface area contributed by atoms with Crippen LogP contribution in [0.2, 0.25) is 0 Å². The number of rotatable bonds is 7. The van der Waals surface area contributed by atoms with E-state index in [1.54, 1.807) is 0 Å². The van der Waals surface area contributed by atoms with Gasteiger partial charge in [-0.15, -0.1) is 0 Å². The fraction of sp³-hybridized carbons (Fsp3) is 0.154. The lowest BCUT2D eigenvalue weighted by molar-refractivity contribution is 0.500. The Labute approximate surface area is 161 Å². The van der Waals surface area contributed by atoms with Gasteiger partial charge in [0.05, 0.1) is 0 Å². The molecular formula is C26H25N. The topological polar surface area (TPSA) is 12.0 Å². The van der Waals surface area contributed by atoms with Gasteiger partial charge in [0.15, 0.2) is 0 Å². The number of hydrogen-bond acceptors (Lipinski definition) is 1. The third-order valence-corrected chi connectivity index (χ3v) is 5.19. The van der Waals surface area contributed by atoms with Gasteiger partial charge >= 0.3 is 0 Å². The molecule has 0 aromatic heterocycles. The Morgan fingerprint density at radius 3 is 2.11 bits per heavy atom. The Hall–Kier alpha value is -2.90. The van der Waals surface area contributed by atoms with E-state index >= 15 is 0 Å². The summed E-state index contributed by atoms with van der Waals surface area (Å²) in [5.41, 5.74) is 4.10. The van der Waals surface area contributed by atoms with Crippen LogP contribution in [-0.4, -0.2) is 0 Å². The lowest BCUT2D eigenvalue weighted by Crippen LogP contribution is -2.21. The second kappa shape index (κ2) is 8.66. The first-order valence-electron chi connectivity index (χ1n) is 9.69. The second-order valence-electron chi connectivity index (χ2n) is 7.01. The molecule has 0 aliphatic heterocycles. The van der Waals surface area contributed by atoms with Gasteiger partial charge in [0.25, 0.3) is 0 Å². The van der Waals surface area contributed by atoms with Crippen LogP contribution in [0.25, 0.3) is 10.8 Å². The molecule has 0 saturated heterocycles. The summed E-state index contributed by atoms with van der Waals surface area (Å²) in [5, 5.41) is 6.45. The minimum atomic E-state index is 0.338. The average molecular weight is 351 g/mol. The van der Waals surface area contributed by atoms with Crippen molar-refractivity contribution in [3.63, 3.8) is 0 Å². The maximum atomic E-state index is 3.81. The molecule has 4 aromatic carbocycles. The smallest absolute Gasteiger partial charge is 0.0326 e. The van der Waals surface area contributed by atoms with Crippen molar-refractivity contribution < 1.29 is 0 Å². The molecular weight excluding hydrogens is 326 g/mol. The third kappa shape index (κ3) is 4.45. The van der Waals surface area contributed by atoms with Crippen LogP contribution in [0.15, 0.2) is 103 Å². The van der Waals surface area contributed by atoms with E-state index in [9.17, 15) is 0 Å². The van der Waals surface area contributed by atoms with Crippen molar-refractivity contribution in [1.29, 1.82) is 0 Å². The molecule has 134 valence electrons. The van der Waals surface area contributed by atoms with Crippen LogP contribution >= 0.6 is 0 Å². The van der Waals surface area contributed by atoms with Gasteiger partial charge in [-0.05, 0) is 40.3 Å². The SMILES string of the molecule is c1ccc(CCC(NCc2cccc3ccccc23)c2ccccc2)cc1. The molecule has 1 N–H and O–H groups in total. The molecule has 1 nitrogen and oxygen atoms in total. The highest BCUT2D eigenvalue weighted by atomic mass is 14.9. The fourth-order valence-corrected chi connectivity index (χ4v) is 3.71. The lowest BCUT2D eigenvalue weighted by Gasteiger charge is -2.20. The summed E-state index contributed by atoms with van der Waals surface area (Å²) in [7, 11) is 0. The lowest BCUT2D eigenvalue weighted by atomic mass is 9.98. The largest absolute Gasteiger partial charge is 0.306 e. The molecule has 4 rings (SSSR count). The molecule has 27 heavy (non-hydrogen) atoms. The van der Waals surface area contributed by atoms with Gasteiger partial charge < -0.3 is 5.32 Å². The summed E-state index contributed by atoms with van der Waals surface area (Å²) in [5.74, 6) is 0. The van der Waals surface area contributed by atoms with E-state index in [1.165, 1.54) is 27.5 Å². The van der Waals surface area contributed by atoms with E-state index in [2.05, 4.69) is 108 Å². The van der Waals surface area contributed by atoms with Crippen LogP contribution in [0.5, 0.6) is 0 Å². The van der Waals surface area contributed by atoms with E-state index in [0.717, 1.165) is 19.4 Å². The predicted octanol–water partition coefficient (Wildman–Crippen LogP) is 6.30. The van der Waals surface area contributed by atoms with E-state index in [0.29, 0.717) is 6.04 Å². The number of fused-ring (bicyclic) bond motifs is 1. The van der Waals surface area contributed by atoms with Gasteiger partial charge in [-0.3, -0.25) is 0 Å². The van der Waals surface area contributed by atoms with Crippen molar-refractivity contribution in [2.24, 2.45) is 0 Å². The first-order valence-corrected chi connectivity index (χ1v) is 9.69. The van der Waals surface area contributed by atoms with Crippen molar-refractivity contribution in [2.45, 2.75) is 25.4 Å². The molecule has 0 bridgehead atoms. The Morgan fingerprint density at radius 2 is 1.30 bits per heavy atom. The Morgan fingerprint density at radius 1 is 0.630 bits per heavy atom. The molecule has 1 unspecified atom stereocenters. The summed E-state index contributed by atoms with van der Waals surface area (Å²) in [4.78, 5) is 0. The molecule has 0 aliphatic carbocycles. The van der Waals surface area contributed by atoms with Gasteiger partial charge in [-0.25, -0.2) is 0 Å². The van der Waals surface area contributed by atoms with Crippen LogP contribution in [-0.2, 0) is 13.0 Å². The molecule has 0 spiro atoms. The van der Waals surface area contributed by atoms with Crippen molar-refractivity contribution in [3.05, 3.63) is 120 Å². The average Bonchev–Trinajstić information content (AvgIpc) is 2.75.